The van der Waals surface area contributed by atoms with Gasteiger partial charge in [-0.1, -0.05) is 27.2 Å². The van der Waals surface area contributed by atoms with Crippen LogP contribution < -0.4 is 5.32 Å². The van der Waals surface area contributed by atoms with Crippen molar-refractivity contribution in [2.24, 2.45) is 5.92 Å². The van der Waals surface area contributed by atoms with Gasteiger partial charge in [0.1, 0.15) is 0 Å². The number of rotatable bonds is 5. The summed E-state index contributed by atoms with van der Waals surface area (Å²) in [6, 6.07) is 0. The molecule has 1 aromatic rings. The van der Waals surface area contributed by atoms with Gasteiger partial charge in [-0.05, 0) is 13.0 Å². The fraction of sp³-hybridized carbons (Fsp3) is 0.714. The Labute approximate surface area is 119 Å². The van der Waals surface area contributed by atoms with Crippen molar-refractivity contribution in [2.75, 3.05) is 18.4 Å². The average Bonchev–Trinajstić information content (AvgIpc) is 2.79. The third-order valence-electron chi connectivity index (χ3n) is 3.66. The molecule has 0 aromatic carbocycles. The number of nitrogens with one attached hydrogen (secondary N) is 1. The third kappa shape index (κ3) is 3.54. The highest BCUT2D eigenvalue weighted by Gasteiger charge is 2.21. The number of carbonyl (C=O) groups excluding carboxylic acids is 1. The highest BCUT2D eigenvalue weighted by Crippen LogP contribution is 2.28. The second kappa shape index (κ2) is 6.48. The first-order valence-electron chi connectivity index (χ1n) is 7.15. The Kier molecular flexibility index (Phi) is 4.93. The van der Waals surface area contributed by atoms with Crippen LogP contribution in [0, 0.1) is 5.92 Å². The largest absolute Gasteiger partial charge is 0.302 e. The lowest BCUT2D eigenvalue weighted by atomic mass is 10.1. The van der Waals surface area contributed by atoms with Gasteiger partial charge in [0.05, 0.1) is 5.69 Å². The fourth-order valence-electron chi connectivity index (χ4n) is 2.36. The van der Waals surface area contributed by atoms with E-state index in [0.717, 1.165) is 44.0 Å². The summed E-state index contributed by atoms with van der Waals surface area (Å²) < 4.78 is 0. The number of carbonyl (C=O) groups is 1. The minimum absolute atomic E-state index is 0.0677. The van der Waals surface area contributed by atoms with Crippen molar-refractivity contribution in [1.29, 1.82) is 0 Å². The Bertz CT molecular complexity index is 444. The van der Waals surface area contributed by atoms with Crippen molar-refractivity contribution >= 4 is 22.4 Å². The van der Waals surface area contributed by atoms with Crippen LogP contribution in [0.3, 0.4) is 0 Å². The maximum Gasteiger partial charge on any atom is 0.228 e. The summed E-state index contributed by atoms with van der Waals surface area (Å²) in [5.74, 6) is 0.165. The molecule has 0 saturated carbocycles. The van der Waals surface area contributed by atoms with E-state index in [9.17, 15) is 4.79 Å². The van der Waals surface area contributed by atoms with Crippen molar-refractivity contribution in [1.82, 2.24) is 9.88 Å². The van der Waals surface area contributed by atoms with E-state index in [0.29, 0.717) is 0 Å². The first kappa shape index (κ1) is 14.5. The molecule has 0 spiro atoms. The van der Waals surface area contributed by atoms with E-state index >= 15 is 0 Å². The van der Waals surface area contributed by atoms with Crippen LogP contribution in [0.2, 0.25) is 0 Å². The predicted octanol–water partition coefficient (Wildman–Crippen LogP) is 2.90. The topological polar surface area (TPSA) is 45.2 Å². The predicted molar refractivity (Wildman–Crippen MR) is 79.5 cm³/mol. The van der Waals surface area contributed by atoms with Gasteiger partial charge >= 0.3 is 0 Å². The first-order valence-corrected chi connectivity index (χ1v) is 7.97. The van der Waals surface area contributed by atoms with Gasteiger partial charge in [-0.3, -0.25) is 9.69 Å². The van der Waals surface area contributed by atoms with E-state index in [1.165, 1.54) is 10.6 Å². The monoisotopic (exact) mass is 281 g/mol. The molecular formula is C14H23N3OS. The van der Waals surface area contributed by atoms with Crippen LogP contribution in [0.5, 0.6) is 0 Å². The zero-order chi connectivity index (χ0) is 13.8. The summed E-state index contributed by atoms with van der Waals surface area (Å²) in [5.41, 5.74) is 1.17. The van der Waals surface area contributed by atoms with E-state index < -0.39 is 0 Å². The molecule has 0 aliphatic carbocycles. The molecule has 1 atom stereocenters. The normalized spacial score (nSPS) is 17.0. The van der Waals surface area contributed by atoms with Gasteiger partial charge in [0.25, 0.3) is 0 Å². The lowest BCUT2D eigenvalue weighted by Crippen LogP contribution is -2.29. The fourth-order valence-corrected chi connectivity index (χ4v) is 3.42. The van der Waals surface area contributed by atoms with Crippen molar-refractivity contribution < 1.29 is 4.79 Å². The van der Waals surface area contributed by atoms with Crippen LogP contribution in [-0.2, 0) is 17.8 Å². The number of hydrogen-bond donors (Lipinski definition) is 1. The molecule has 1 aliphatic heterocycles. The van der Waals surface area contributed by atoms with Gasteiger partial charge in [0, 0.05) is 30.3 Å². The molecule has 1 aromatic heterocycles. The smallest absolute Gasteiger partial charge is 0.228 e. The molecule has 106 valence electrons. The second-order valence-electron chi connectivity index (χ2n) is 5.19. The zero-order valence-electron chi connectivity index (χ0n) is 12.0. The number of amides is 1. The van der Waals surface area contributed by atoms with Crippen molar-refractivity contribution in [3.05, 3.63) is 10.6 Å². The van der Waals surface area contributed by atoms with E-state index in [4.69, 9.17) is 0 Å². The zero-order valence-corrected chi connectivity index (χ0v) is 12.8. The number of likely N-dealkylation sites (N-methyl/N-ethyl adjacent to an activating group) is 1. The summed E-state index contributed by atoms with van der Waals surface area (Å²) in [5, 5.41) is 3.74. The van der Waals surface area contributed by atoms with Crippen LogP contribution in [0.4, 0.5) is 5.13 Å². The molecule has 5 heteroatoms. The number of thiazole rings is 1. The molecule has 1 aliphatic rings. The van der Waals surface area contributed by atoms with E-state index in [2.05, 4.69) is 29.0 Å². The quantitative estimate of drug-likeness (QED) is 0.902. The van der Waals surface area contributed by atoms with Crippen LogP contribution in [0.25, 0.3) is 0 Å². The Hall–Kier alpha value is -0.940. The van der Waals surface area contributed by atoms with E-state index in [1.54, 1.807) is 11.3 Å². The summed E-state index contributed by atoms with van der Waals surface area (Å²) in [6.07, 6.45) is 2.97. The maximum atomic E-state index is 12.0. The van der Waals surface area contributed by atoms with Crippen LogP contribution in [0.1, 0.15) is 44.2 Å². The first-order chi connectivity index (χ1) is 9.13. The Morgan fingerprint density at radius 2 is 2.32 bits per heavy atom. The molecule has 1 N–H and O–H groups in total. The highest BCUT2D eigenvalue weighted by atomic mass is 32.1. The molecule has 19 heavy (non-hydrogen) atoms. The van der Waals surface area contributed by atoms with Crippen LogP contribution in [0.15, 0.2) is 0 Å². The second-order valence-corrected chi connectivity index (χ2v) is 6.27. The molecular weight excluding hydrogens is 258 g/mol. The Balaban J connectivity index is 1.99. The Morgan fingerprint density at radius 1 is 1.53 bits per heavy atom. The number of nitrogens with zero attached hydrogens (tertiary/aromatic N) is 2. The lowest BCUT2D eigenvalue weighted by molar-refractivity contribution is -0.119. The van der Waals surface area contributed by atoms with Gasteiger partial charge < -0.3 is 5.32 Å². The minimum atomic E-state index is 0.0677. The lowest BCUT2D eigenvalue weighted by Gasteiger charge is -2.23. The highest BCUT2D eigenvalue weighted by molar-refractivity contribution is 7.15. The standard InChI is InChI=1S/C14H23N3OS/c1-4-6-10(3)13(18)16-14-15-11-7-8-17(5-2)9-12(11)19-14/h10H,4-9H2,1-3H3,(H,15,16,18). The van der Waals surface area contributed by atoms with Gasteiger partial charge in [0.15, 0.2) is 5.13 Å². The maximum absolute atomic E-state index is 12.0. The minimum Gasteiger partial charge on any atom is -0.302 e. The van der Waals surface area contributed by atoms with E-state index in [1.807, 2.05) is 6.92 Å². The van der Waals surface area contributed by atoms with Gasteiger partial charge in [-0.15, -0.1) is 11.3 Å². The number of fused-ring (bicyclic) bond motifs is 1. The van der Waals surface area contributed by atoms with Crippen molar-refractivity contribution in [3.63, 3.8) is 0 Å². The number of hydrogen-bond acceptors (Lipinski definition) is 4. The summed E-state index contributed by atoms with van der Waals surface area (Å²) in [4.78, 5) is 20.3. The van der Waals surface area contributed by atoms with E-state index in [-0.39, 0.29) is 11.8 Å². The number of aromatic nitrogens is 1. The summed E-state index contributed by atoms with van der Waals surface area (Å²) >= 11 is 1.63. The molecule has 4 nitrogen and oxygen atoms in total. The van der Waals surface area contributed by atoms with Crippen LogP contribution in [-0.4, -0.2) is 28.9 Å². The van der Waals surface area contributed by atoms with Gasteiger partial charge in [-0.2, -0.15) is 0 Å². The van der Waals surface area contributed by atoms with Gasteiger partial charge in [0.2, 0.25) is 5.91 Å². The van der Waals surface area contributed by atoms with Crippen molar-refractivity contribution in [2.45, 2.75) is 46.6 Å². The molecule has 1 unspecified atom stereocenters. The third-order valence-corrected chi connectivity index (χ3v) is 4.65. The van der Waals surface area contributed by atoms with Gasteiger partial charge in [-0.25, -0.2) is 4.98 Å². The molecule has 0 saturated heterocycles. The molecule has 0 radical (unpaired) electrons. The Morgan fingerprint density at radius 3 is 3.00 bits per heavy atom. The van der Waals surface area contributed by atoms with Crippen molar-refractivity contribution in [3.8, 4) is 0 Å². The molecule has 2 rings (SSSR count). The molecule has 0 fully saturated rings. The molecule has 2 heterocycles. The van der Waals surface area contributed by atoms with Crippen LogP contribution >= 0.6 is 11.3 Å². The molecule has 0 bridgehead atoms. The molecule has 1 amide bonds. The number of anilines is 1. The SMILES string of the molecule is CCCC(C)C(=O)Nc1nc2c(s1)CN(CC)CC2. The average molecular weight is 281 g/mol. The summed E-state index contributed by atoms with van der Waals surface area (Å²) in [7, 11) is 0. The summed E-state index contributed by atoms with van der Waals surface area (Å²) in [6.45, 7) is 9.39.